The number of nitrogens with zero attached hydrogens (tertiary/aromatic N) is 2. The number of hydrogen-bond donors (Lipinski definition) is 0. The van der Waals surface area contributed by atoms with E-state index in [0.717, 1.165) is 47.1 Å². The first kappa shape index (κ1) is 19.4. The van der Waals surface area contributed by atoms with Crippen molar-refractivity contribution in [1.29, 1.82) is 0 Å². The van der Waals surface area contributed by atoms with E-state index in [4.69, 9.17) is 28.6 Å². The highest BCUT2D eigenvalue weighted by molar-refractivity contribution is 8.23. The summed E-state index contributed by atoms with van der Waals surface area (Å²) >= 11 is 13.0. The monoisotopic (exact) mass is 408 g/mol. The van der Waals surface area contributed by atoms with Gasteiger partial charge in [-0.15, -0.1) is 0 Å². The lowest BCUT2D eigenvalue weighted by atomic mass is 10.00. The van der Waals surface area contributed by atoms with Crippen LogP contribution in [0, 0.1) is 5.92 Å². The number of aromatic nitrogens is 1. The van der Waals surface area contributed by atoms with Crippen molar-refractivity contribution < 1.29 is 9.53 Å². The molecule has 4 nitrogen and oxygen atoms in total. The number of carbonyl (C=O) groups excluding carboxylic acids is 1. The van der Waals surface area contributed by atoms with Gasteiger partial charge in [0.1, 0.15) is 16.1 Å². The molecule has 0 amide bonds. The van der Waals surface area contributed by atoms with Gasteiger partial charge >= 0.3 is 5.97 Å². The van der Waals surface area contributed by atoms with E-state index in [-0.39, 0.29) is 18.3 Å². The van der Waals surface area contributed by atoms with Gasteiger partial charge in [-0.2, -0.15) is 0 Å². The lowest BCUT2D eigenvalue weighted by Crippen LogP contribution is -2.35. The zero-order valence-corrected chi connectivity index (χ0v) is 17.0. The standard InChI is InChI=1S/C19H21ClN2O2S2/c1-13-6-8-22(9-7-13)19(25)26-12-17(23)24-11-15-10-14-4-2-3-5-16(14)21-18(15)20/h2-5,10,13H,6-9,11-12H2,1H3. The SMILES string of the molecule is CC1CCN(C(=S)SCC(=O)OCc2cc3ccccc3nc2Cl)CC1. The molecule has 2 aromatic rings. The van der Waals surface area contributed by atoms with Crippen LogP contribution >= 0.6 is 35.6 Å². The first-order valence-electron chi connectivity index (χ1n) is 8.64. The van der Waals surface area contributed by atoms with Crippen LogP contribution in [0.5, 0.6) is 0 Å². The molecule has 0 atom stereocenters. The Labute approximate surface area is 168 Å². The summed E-state index contributed by atoms with van der Waals surface area (Å²) in [6.45, 7) is 4.32. The molecule has 0 aliphatic carbocycles. The maximum atomic E-state index is 12.0. The molecule has 2 heterocycles. The number of thiocarbonyl (C=S) groups is 1. The van der Waals surface area contributed by atoms with E-state index >= 15 is 0 Å². The van der Waals surface area contributed by atoms with Gasteiger partial charge < -0.3 is 9.64 Å². The molecule has 0 radical (unpaired) electrons. The van der Waals surface area contributed by atoms with Gasteiger partial charge in [0.25, 0.3) is 0 Å². The smallest absolute Gasteiger partial charge is 0.316 e. The highest BCUT2D eigenvalue weighted by atomic mass is 35.5. The molecule has 1 aromatic carbocycles. The maximum absolute atomic E-state index is 12.0. The Morgan fingerprint density at radius 2 is 2.12 bits per heavy atom. The molecule has 0 saturated carbocycles. The molecule has 3 rings (SSSR count). The normalized spacial score (nSPS) is 15.2. The molecule has 0 bridgehead atoms. The quantitative estimate of drug-likeness (QED) is 0.415. The second-order valence-electron chi connectivity index (χ2n) is 6.52. The Hall–Kier alpha value is -1.37. The second-order valence-corrected chi connectivity index (χ2v) is 8.48. The molecule has 1 aliphatic rings. The number of ether oxygens (including phenoxy) is 1. The minimum absolute atomic E-state index is 0.115. The number of esters is 1. The number of carbonyl (C=O) groups is 1. The van der Waals surface area contributed by atoms with Gasteiger partial charge in [-0.05, 0) is 30.9 Å². The summed E-state index contributed by atoms with van der Waals surface area (Å²) in [4.78, 5) is 18.6. The van der Waals surface area contributed by atoms with Crippen LogP contribution in [-0.2, 0) is 16.1 Å². The molecular weight excluding hydrogens is 388 g/mol. The summed E-state index contributed by atoms with van der Waals surface area (Å²) in [6.07, 6.45) is 2.30. The Kier molecular flexibility index (Phi) is 6.73. The molecule has 0 spiro atoms. The Morgan fingerprint density at radius 1 is 1.38 bits per heavy atom. The third-order valence-corrected chi connectivity index (χ3v) is 6.32. The molecule has 26 heavy (non-hydrogen) atoms. The van der Waals surface area contributed by atoms with Crippen LogP contribution in [0.15, 0.2) is 30.3 Å². The van der Waals surface area contributed by atoms with Gasteiger partial charge in [-0.25, -0.2) is 4.98 Å². The minimum Gasteiger partial charge on any atom is -0.460 e. The van der Waals surface area contributed by atoms with E-state index in [1.54, 1.807) is 0 Å². The highest BCUT2D eigenvalue weighted by Crippen LogP contribution is 2.22. The number of rotatable bonds is 4. The lowest BCUT2D eigenvalue weighted by molar-refractivity contribution is -0.141. The minimum atomic E-state index is -0.299. The van der Waals surface area contributed by atoms with E-state index in [9.17, 15) is 4.79 Å². The fourth-order valence-corrected chi connectivity index (χ4v) is 4.09. The Morgan fingerprint density at radius 3 is 2.88 bits per heavy atom. The molecule has 1 fully saturated rings. The van der Waals surface area contributed by atoms with Gasteiger partial charge in [0, 0.05) is 24.0 Å². The molecule has 1 aromatic heterocycles. The number of para-hydroxylation sites is 1. The van der Waals surface area contributed by atoms with E-state index in [0.29, 0.717) is 10.7 Å². The van der Waals surface area contributed by atoms with Crippen molar-refractivity contribution in [1.82, 2.24) is 9.88 Å². The highest BCUT2D eigenvalue weighted by Gasteiger charge is 2.19. The van der Waals surface area contributed by atoms with E-state index in [1.165, 1.54) is 11.8 Å². The van der Waals surface area contributed by atoms with Crippen molar-refractivity contribution in [2.24, 2.45) is 5.92 Å². The molecule has 1 saturated heterocycles. The number of thioether (sulfide) groups is 1. The number of hydrogen-bond acceptors (Lipinski definition) is 5. The van der Waals surface area contributed by atoms with Crippen molar-refractivity contribution in [2.75, 3.05) is 18.8 Å². The zero-order chi connectivity index (χ0) is 18.5. The van der Waals surface area contributed by atoms with Gasteiger partial charge in [-0.1, -0.05) is 60.7 Å². The third kappa shape index (κ3) is 5.09. The number of pyridine rings is 1. The van der Waals surface area contributed by atoms with E-state index in [2.05, 4.69) is 16.8 Å². The van der Waals surface area contributed by atoms with Crippen LogP contribution in [0.3, 0.4) is 0 Å². The molecule has 1 aliphatic heterocycles. The largest absolute Gasteiger partial charge is 0.460 e. The summed E-state index contributed by atoms with van der Waals surface area (Å²) in [5.74, 6) is 0.667. The van der Waals surface area contributed by atoms with Crippen molar-refractivity contribution in [3.05, 3.63) is 41.0 Å². The van der Waals surface area contributed by atoms with Crippen molar-refractivity contribution in [3.63, 3.8) is 0 Å². The van der Waals surface area contributed by atoms with Crippen molar-refractivity contribution in [2.45, 2.75) is 26.4 Å². The van der Waals surface area contributed by atoms with Crippen molar-refractivity contribution in [3.8, 4) is 0 Å². The third-order valence-electron chi connectivity index (χ3n) is 4.49. The van der Waals surface area contributed by atoms with Crippen molar-refractivity contribution >= 4 is 56.8 Å². The number of halogens is 1. The Bertz CT molecular complexity index is 807. The molecule has 138 valence electrons. The fourth-order valence-electron chi connectivity index (χ4n) is 2.84. The number of benzene rings is 1. The van der Waals surface area contributed by atoms with Crippen LogP contribution in [0.2, 0.25) is 5.15 Å². The summed E-state index contributed by atoms with van der Waals surface area (Å²) in [5.41, 5.74) is 1.53. The fraction of sp³-hybridized carbons (Fsp3) is 0.421. The predicted molar refractivity (Wildman–Crippen MR) is 112 cm³/mol. The van der Waals surface area contributed by atoms with E-state index in [1.807, 2.05) is 30.3 Å². The van der Waals surface area contributed by atoms with Gasteiger partial charge in [-0.3, -0.25) is 4.79 Å². The van der Waals surface area contributed by atoms with Crippen LogP contribution < -0.4 is 0 Å². The topological polar surface area (TPSA) is 42.4 Å². The lowest BCUT2D eigenvalue weighted by Gasteiger charge is -2.31. The van der Waals surface area contributed by atoms with Gasteiger partial charge in [0.05, 0.1) is 11.3 Å². The van der Waals surface area contributed by atoms with Crippen LogP contribution in [0.1, 0.15) is 25.3 Å². The summed E-state index contributed by atoms with van der Waals surface area (Å²) in [7, 11) is 0. The summed E-state index contributed by atoms with van der Waals surface area (Å²) in [6, 6.07) is 9.61. The summed E-state index contributed by atoms with van der Waals surface area (Å²) in [5, 5.41) is 1.33. The number of fused-ring (bicyclic) bond motifs is 1. The van der Waals surface area contributed by atoms with Crippen LogP contribution in [-0.4, -0.2) is 39.0 Å². The molecular formula is C19H21ClN2O2S2. The molecule has 0 N–H and O–H groups in total. The molecule has 7 heteroatoms. The second kappa shape index (κ2) is 9.02. The zero-order valence-electron chi connectivity index (χ0n) is 14.6. The van der Waals surface area contributed by atoms with Crippen LogP contribution in [0.25, 0.3) is 10.9 Å². The number of likely N-dealkylation sites (tertiary alicyclic amines) is 1. The average molecular weight is 409 g/mol. The van der Waals surface area contributed by atoms with Gasteiger partial charge in [0.2, 0.25) is 0 Å². The molecule has 0 unspecified atom stereocenters. The average Bonchev–Trinajstić information content (AvgIpc) is 2.65. The predicted octanol–water partition coefficient (Wildman–Crippen LogP) is 4.68. The Balaban J connectivity index is 1.48. The van der Waals surface area contributed by atoms with E-state index < -0.39 is 0 Å². The summed E-state index contributed by atoms with van der Waals surface area (Å²) < 4.78 is 6.13. The maximum Gasteiger partial charge on any atom is 0.316 e. The van der Waals surface area contributed by atoms with Gasteiger partial charge in [0.15, 0.2) is 0 Å². The first-order valence-corrected chi connectivity index (χ1v) is 10.4. The number of piperidine rings is 1. The van der Waals surface area contributed by atoms with Crippen LogP contribution in [0.4, 0.5) is 0 Å². The first-order chi connectivity index (χ1) is 12.5.